The van der Waals surface area contributed by atoms with Crippen molar-refractivity contribution in [2.24, 2.45) is 0 Å². The van der Waals surface area contributed by atoms with E-state index in [4.69, 9.17) is 11.6 Å². The molecule has 0 saturated carbocycles. The smallest absolute Gasteiger partial charge is 0.215 e. The number of nitrogens with one attached hydrogen (secondary N) is 2. The van der Waals surface area contributed by atoms with Gasteiger partial charge in [0.15, 0.2) is 0 Å². The molecule has 0 aliphatic rings. The molecular formula is C17H18ClN5O2S. The van der Waals surface area contributed by atoms with Crippen LogP contribution in [-0.4, -0.2) is 36.0 Å². The fourth-order valence-corrected chi connectivity index (χ4v) is 3.59. The molecule has 1 aromatic carbocycles. The van der Waals surface area contributed by atoms with Crippen LogP contribution >= 0.6 is 11.6 Å². The maximum absolute atomic E-state index is 12.1. The summed E-state index contributed by atoms with van der Waals surface area (Å²) in [6.45, 7) is 0.654. The Bertz CT molecular complexity index is 944. The molecule has 3 rings (SSSR count). The van der Waals surface area contributed by atoms with Crippen molar-refractivity contribution < 1.29 is 8.42 Å². The SMILES string of the molecule is O=S(=O)(Cc1ccc(Cl)cc1)NCCNc1cc(-n2cccc2)ncn1. The number of benzene rings is 1. The summed E-state index contributed by atoms with van der Waals surface area (Å²) >= 11 is 5.80. The van der Waals surface area contributed by atoms with Gasteiger partial charge in [-0.05, 0) is 29.8 Å². The molecule has 0 aliphatic heterocycles. The first-order valence-corrected chi connectivity index (χ1v) is 9.96. The van der Waals surface area contributed by atoms with Gasteiger partial charge in [0.25, 0.3) is 0 Å². The Hall–Kier alpha value is -2.42. The molecule has 9 heteroatoms. The Morgan fingerprint density at radius 1 is 1.04 bits per heavy atom. The van der Waals surface area contributed by atoms with Crippen molar-refractivity contribution in [2.45, 2.75) is 5.75 Å². The second kappa shape index (κ2) is 8.31. The first-order chi connectivity index (χ1) is 12.5. The van der Waals surface area contributed by atoms with Crippen LogP contribution in [0.5, 0.6) is 0 Å². The molecule has 0 radical (unpaired) electrons. The number of anilines is 1. The number of hydrogen-bond donors (Lipinski definition) is 2. The van der Waals surface area contributed by atoms with E-state index in [1.165, 1.54) is 6.33 Å². The highest BCUT2D eigenvalue weighted by molar-refractivity contribution is 7.88. The van der Waals surface area contributed by atoms with Gasteiger partial charge in [0.05, 0.1) is 5.75 Å². The number of aromatic nitrogens is 3. The summed E-state index contributed by atoms with van der Waals surface area (Å²) in [5, 5.41) is 3.66. The zero-order chi connectivity index (χ0) is 18.4. The van der Waals surface area contributed by atoms with E-state index in [1.807, 2.05) is 29.1 Å². The van der Waals surface area contributed by atoms with Crippen molar-refractivity contribution in [3.05, 3.63) is 71.8 Å². The zero-order valence-electron chi connectivity index (χ0n) is 13.8. The van der Waals surface area contributed by atoms with Gasteiger partial charge < -0.3 is 9.88 Å². The molecule has 0 bridgehead atoms. The van der Waals surface area contributed by atoms with E-state index in [1.54, 1.807) is 30.3 Å². The van der Waals surface area contributed by atoms with Crippen LogP contribution in [0.1, 0.15) is 5.56 Å². The Balaban J connectivity index is 1.49. The number of hydrogen-bond acceptors (Lipinski definition) is 5. The third-order valence-electron chi connectivity index (χ3n) is 3.54. The van der Waals surface area contributed by atoms with Gasteiger partial charge in [-0.3, -0.25) is 0 Å². The van der Waals surface area contributed by atoms with E-state index in [0.29, 0.717) is 22.9 Å². The van der Waals surface area contributed by atoms with Crippen LogP contribution in [0.2, 0.25) is 5.02 Å². The maximum Gasteiger partial charge on any atom is 0.215 e. The van der Waals surface area contributed by atoms with Crippen LogP contribution in [0.15, 0.2) is 61.2 Å². The fourth-order valence-electron chi connectivity index (χ4n) is 2.32. The summed E-state index contributed by atoms with van der Waals surface area (Å²) in [5.74, 6) is 1.27. The quantitative estimate of drug-likeness (QED) is 0.576. The van der Waals surface area contributed by atoms with Crippen LogP contribution < -0.4 is 10.0 Å². The Morgan fingerprint density at radius 2 is 1.77 bits per heavy atom. The van der Waals surface area contributed by atoms with E-state index in [9.17, 15) is 8.42 Å². The number of halogens is 1. The maximum atomic E-state index is 12.1. The first kappa shape index (κ1) is 18.4. The zero-order valence-corrected chi connectivity index (χ0v) is 15.4. The van der Waals surface area contributed by atoms with Crippen LogP contribution in [-0.2, 0) is 15.8 Å². The fraction of sp³-hybridized carbons (Fsp3) is 0.176. The molecule has 26 heavy (non-hydrogen) atoms. The normalized spacial score (nSPS) is 11.4. The highest BCUT2D eigenvalue weighted by Crippen LogP contribution is 2.12. The van der Waals surface area contributed by atoms with Crippen molar-refractivity contribution in [3.63, 3.8) is 0 Å². The van der Waals surface area contributed by atoms with Gasteiger partial charge in [0.1, 0.15) is 18.0 Å². The third-order valence-corrected chi connectivity index (χ3v) is 5.15. The summed E-state index contributed by atoms with van der Waals surface area (Å²) in [6.07, 6.45) is 5.23. The number of nitrogens with zero attached hydrogens (tertiary/aromatic N) is 3. The highest BCUT2D eigenvalue weighted by Gasteiger charge is 2.10. The van der Waals surface area contributed by atoms with Gasteiger partial charge in [0, 0.05) is 36.6 Å². The van der Waals surface area contributed by atoms with Gasteiger partial charge in [-0.2, -0.15) is 0 Å². The minimum atomic E-state index is -3.42. The molecule has 0 saturated heterocycles. The lowest BCUT2D eigenvalue weighted by Crippen LogP contribution is -2.30. The number of sulfonamides is 1. The predicted molar refractivity (Wildman–Crippen MR) is 102 cm³/mol. The van der Waals surface area contributed by atoms with E-state index in [-0.39, 0.29) is 12.3 Å². The van der Waals surface area contributed by atoms with Crippen molar-refractivity contribution in [3.8, 4) is 5.82 Å². The Morgan fingerprint density at radius 3 is 2.50 bits per heavy atom. The molecule has 7 nitrogen and oxygen atoms in total. The molecule has 0 spiro atoms. The van der Waals surface area contributed by atoms with Gasteiger partial charge in [-0.25, -0.2) is 23.1 Å². The van der Waals surface area contributed by atoms with Crippen LogP contribution in [0, 0.1) is 0 Å². The molecule has 136 valence electrons. The van der Waals surface area contributed by atoms with Crippen molar-refractivity contribution >= 4 is 27.4 Å². The minimum absolute atomic E-state index is 0.0878. The average molecular weight is 392 g/mol. The molecule has 0 fully saturated rings. The largest absolute Gasteiger partial charge is 0.369 e. The molecule has 0 amide bonds. The average Bonchev–Trinajstić information content (AvgIpc) is 3.16. The lowest BCUT2D eigenvalue weighted by atomic mass is 10.2. The van der Waals surface area contributed by atoms with Crippen molar-refractivity contribution in [2.75, 3.05) is 18.4 Å². The summed E-state index contributed by atoms with van der Waals surface area (Å²) in [6, 6.07) is 12.3. The lowest BCUT2D eigenvalue weighted by molar-refractivity contribution is 0.582. The molecule has 2 aromatic heterocycles. The summed E-state index contributed by atoms with van der Waals surface area (Å²) in [4.78, 5) is 8.33. The van der Waals surface area contributed by atoms with Crippen molar-refractivity contribution in [1.29, 1.82) is 0 Å². The van der Waals surface area contributed by atoms with Crippen LogP contribution in [0.3, 0.4) is 0 Å². The highest BCUT2D eigenvalue weighted by atomic mass is 35.5. The topological polar surface area (TPSA) is 88.9 Å². The summed E-state index contributed by atoms with van der Waals surface area (Å²) in [7, 11) is -3.42. The Kier molecular flexibility index (Phi) is 5.87. The van der Waals surface area contributed by atoms with Crippen LogP contribution in [0.4, 0.5) is 5.82 Å². The van der Waals surface area contributed by atoms with E-state index >= 15 is 0 Å². The molecule has 0 unspecified atom stereocenters. The molecule has 0 aliphatic carbocycles. The molecule has 2 heterocycles. The van der Waals surface area contributed by atoms with Crippen LogP contribution in [0.25, 0.3) is 5.82 Å². The second-order valence-electron chi connectivity index (χ2n) is 5.56. The molecule has 2 N–H and O–H groups in total. The van der Waals surface area contributed by atoms with E-state index in [2.05, 4.69) is 20.0 Å². The van der Waals surface area contributed by atoms with Gasteiger partial charge in [-0.15, -0.1) is 0 Å². The predicted octanol–water partition coefficient (Wildman–Crippen LogP) is 2.45. The Labute approximate surface area is 157 Å². The first-order valence-electron chi connectivity index (χ1n) is 7.93. The summed E-state index contributed by atoms with van der Waals surface area (Å²) in [5.41, 5.74) is 0.682. The monoisotopic (exact) mass is 391 g/mol. The van der Waals surface area contributed by atoms with Gasteiger partial charge >= 0.3 is 0 Å². The molecule has 0 atom stereocenters. The molecule has 3 aromatic rings. The third kappa shape index (κ3) is 5.29. The number of rotatable bonds is 8. The van der Waals surface area contributed by atoms with Crippen molar-refractivity contribution in [1.82, 2.24) is 19.3 Å². The van der Waals surface area contributed by atoms with E-state index < -0.39 is 10.0 Å². The summed E-state index contributed by atoms with van der Waals surface area (Å²) < 4.78 is 28.6. The second-order valence-corrected chi connectivity index (χ2v) is 7.80. The lowest BCUT2D eigenvalue weighted by Gasteiger charge is -2.09. The molecular weight excluding hydrogens is 374 g/mol. The van der Waals surface area contributed by atoms with Gasteiger partial charge in [0.2, 0.25) is 10.0 Å². The van der Waals surface area contributed by atoms with Gasteiger partial charge in [-0.1, -0.05) is 23.7 Å². The minimum Gasteiger partial charge on any atom is -0.369 e. The standard InChI is InChI=1S/C17H18ClN5O2S/c18-15-5-3-14(4-6-15)12-26(24,25)22-8-7-19-16-11-17(21-13-20-16)23-9-1-2-10-23/h1-6,9-11,13,22H,7-8,12H2,(H,19,20,21). The van der Waals surface area contributed by atoms with E-state index in [0.717, 1.165) is 5.82 Å².